The highest BCUT2D eigenvalue weighted by Gasteiger charge is 2.27. The third kappa shape index (κ3) is 5.34. The average Bonchev–Trinajstić information content (AvgIpc) is 2.58. The highest BCUT2D eigenvalue weighted by Crippen LogP contribution is 2.20. The molecule has 1 aliphatic rings. The molecule has 2 amide bonds. The molecule has 1 saturated heterocycles. The number of rotatable bonds is 6. The van der Waals surface area contributed by atoms with Gasteiger partial charge in [0.2, 0.25) is 11.8 Å². The molecule has 1 heterocycles. The van der Waals surface area contributed by atoms with Crippen molar-refractivity contribution < 1.29 is 9.59 Å². The minimum Gasteiger partial charge on any atom is -0.356 e. The fourth-order valence-corrected chi connectivity index (χ4v) is 3.39. The number of hydrogen-bond donors (Lipinski definition) is 1. The van der Waals surface area contributed by atoms with Crippen LogP contribution in [-0.2, 0) is 16.0 Å². The molecule has 0 spiro atoms. The average molecular weight is 381 g/mol. The summed E-state index contributed by atoms with van der Waals surface area (Å²) in [7, 11) is 0. The van der Waals surface area contributed by atoms with Gasteiger partial charge in [0.25, 0.3) is 0 Å². The van der Waals surface area contributed by atoms with Gasteiger partial charge in [-0.15, -0.1) is 0 Å². The molecule has 1 N–H and O–H groups in total. The van der Waals surface area contributed by atoms with Gasteiger partial charge in [-0.2, -0.15) is 0 Å². The van der Waals surface area contributed by atoms with E-state index in [1.165, 1.54) is 0 Å². The Morgan fingerprint density at radius 2 is 2.13 bits per heavy atom. The number of hydrogen-bond acceptors (Lipinski definition) is 2. The zero-order valence-corrected chi connectivity index (χ0v) is 15.3. The van der Waals surface area contributed by atoms with Crippen molar-refractivity contribution in [2.75, 3.05) is 19.6 Å². The SMILES string of the molecule is CCCNC(=O)C1CCCN(C(=O)CCc2ccccc2Br)C1. The van der Waals surface area contributed by atoms with Crippen LogP contribution in [0.25, 0.3) is 0 Å². The van der Waals surface area contributed by atoms with E-state index in [0.717, 1.165) is 42.3 Å². The van der Waals surface area contributed by atoms with E-state index in [1.54, 1.807) is 0 Å². The number of carbonyl (C=O) groups is 2. The number of piperidine rings is 1. The van der Waals surface area contributed by atoms with E-state index in [2.05, 4.69) is 21.2 Å². The normalized spacial score (nSPS) is 17.8. The number of nitrogens with one attached hydrogen (secondary N) is 1. The Balaban J connectivity index is 1.84. The maximum absolute atomic E-state index is 12.4. The van der Waals surface area contributed by atoms with Crippen LogP contribution >= 0.6 is 15.9 Å². The van der Waals surface area contributed by atoms with Crippen LogP contribution in [0, 0.1) is 5.92 Å². The minimum atomic E-state index is -0.0530. The quantitative estimate of drug-likeness (QED) is 0.823. The first kappa shape index (κ1) is 18.0. The van der Waals surface area contributed by atoms with Gasteiger partial charge < -0.3 is 10.2 Å². The van der Waals surface area contributed by atoms with Crippen LogP contribution in [0.15, 0.2) is 28.7 Å². The van der Waals surface area contributed by atoms with E-state index in [0.29, 0.717) is 19.5 Å². The van der Waals surface area contributed by atoms with E-state index in [-0.39, 0.29) is 17.7 Å². The highest BCUT2D eigenvalue weighted by atomic mass is 79.9. The molecule has 0 bridgehead atoms. The van der Waals surface area contributed by atoms with Crippen LogP contribution in [-0.4, -0.2) is 36.3 Å². The molecule has 1 unspecified atom stereocenters. The van der Waals surface area contributed by atoms with Crippen molar-refractivity contribution in [3.8, 4) is 0 Å². The smallest absolute Gasteiger partial charge is 0.224 e. The Labute approximate surface area is 146 Å². The van der Waals surface area contributed by atoms with Gasteiger partial charge in [-0.1, -0.05) is 41.1 Å². The number of nitrogens with zero attached hydrogens (tertiary/aromatic N) is 1. The van der Waals surface area contributed by atoms with Gasteiger partial charge in [0.15, 0.2) is 0 Å². The summed E-state index contributed by atoms with van der Waals surface area (Å²) in [5, 5.41) is 2.94. The second-order valence-corrected chi connectivity index (χ2v) is 6.92. The fourth-order valence-electron chi connectivity index (χ4n) is 2.91. The zero-order valence-electron chi connectivity index (χ0n) is 13.7. The van der Waals surface area contributed by atoms with E-state index in [4.69, 9.17) is 0 Å². The molecule has 0 aliphatic carbocycles. The van der Waals surface area contributed by atoms with Gasteiger partial charge in [-0.25, -0.2) is 0 Å². The Morgan fingerprint density at radius 3 is 2.87 bits per heavy atom. The Bertz CT molecular complexity index is 548. The fraction of sp³-hybridized carbons (Fsp3) is 0.556. The first-order valence-corrected chi connectivity index (χ1v) is 9.20. The monoisotopic (exact) mass is 380 g/mol. The summed E-state index contributed by atoms with van der Waals surface area (Å²) in [5.41, 5.74) is 1.15. The molecule has 4 nitrogen and oxygen atoms in total. The lowest BCUT2D eigenvalue weighted by atomic mass is 9.96. The molecule has 1 aromatic carbocycles. The van der Waals surface area contributed by atoms with Crippen LogP contribution in [0.5, 0.6) is 0 Å². The van der Waals surface area contributed by atoms with Crippen LogP contribution in [0.4, 0.5) is 0 Å². The summed E-state index contributed by atoms with van der Waals surface area (Å²) in [6, 6.07) is 7.99. The number of carbonyl (C=O) groups excluding carboxylic acids is 2. The summed E-state index contributed by atoms with van der Waals surface area (Å²) in [5.74, 6) is 0.187. The summed E-state index contributed by atoms with van der Waals surface area (Å²) in [6.07, 6.45) is 3.94. The molecule has 0 radical (unpaired) electrons. The maximum Gasteiger partial charge on any atom is 0.224 e. The second kappa shape index (κ2) is 9.06. The van der Waals surface area contributed by atoms with Crippen molar-refractivity contribution in [1.29, 1.82) is 0 Å². The lowest BCUT2D eigenvalue weighted by molar-refractivity contribution is -0.135. The van der Waals surface area contributed by atoms with Gasteiger partial charge in [0.05, 0.1) is 5.92 Å². The number of likely N-dealkylation sites (tertiary alicyclic amines) is 1. The second-order valence-electron chi connectivity index (χ2n) is 6.06. The molecule has 1 aliphatic heterocycles. The topological polar surface area (TPSA) is 49.4 Å². The predicted molar refractivity (Wildman–Crippen MR) is 95.1 cm³/mol. The molecule has 23 heavy (non-hydrogen) atoms. The van der Waals surface area contributed by atoms with Crippen LogP contribution in [0.3, 0.4) is 0 Å². The van der Waals surface area contributed by atoms with E-state index >= 15 is 0 Å². The first-order valence-electron chi connectivity index (χ1n) is 8.40. The van der Waals surface area contributed by atoms with Crippen LogP contribution < -0.4 is 5.32 Å². The number of aryl methyl sites for hydroxylation is 1. The van der Waals surface area contributed by atoms with Crippen molar-refractivity contribution in [2.45, 2.75) is 39.0 Å². The lowest BCUT2D eigenvalue weighted by Gasteiger charge is -2.32. The van der Waals surface area contributed by atoms with Gasteiger partial charge in [-0.05, 0) is 37.3 Å². The molecular weight excluding hydrogens is 356 g/mol. The van der Waals surface area contributed by atoms with E-state index in [9.17, 15) is 9.59 Å². The molecule has 1 fully saturated rings. The first-order chi connectivity index (χ1) is 11.1. The van der Waals surface area contributed by atoms with Gasteiger partial charge in [0, 0.05) is 30.5 Å². The third-order valence-corrected chi connectivity index (χ3v) is 5.03. The Kier molecular flexibility index (Phi) is 7.09. The lowest BCUT2D eigenvalue weighted by Crippen LogP contribution is -2.45. The molecule has 0 aromatic heterocycles. The Hall–Kier alpha value is -1.36. The van der Waals surface area contributed by atoms with Crippen molar-refractivity contribution in [3.05, 3.63) is 34.3 Å². The molecule has 0 saturated carbocycles. The summed E-state index contributed by atoms with van der Waals surface area (Å²) >= 11 is 3.52. The predicted octanol–water partition coefficient (Wildman–Crippen LogP) is 3.15. The highest BCUT2D eigenvalue weighted by molar-refractivity contribution is 9.10. The van der Waals surface area contributed by atoms with Crippen molar-refractivity contribution in [3.63, 3.8) is 0 Å². The van der Waals surface area contributed by atoms with Gasteiger partial charge in [0.1, 0.15) is 0 Å². The molecule has 1 aromatic rings. The van der Waals surface area contributed by atoms with Crippen molar-refractivity contribution in [1.82, 2.24) is 10.2 Å². The summed E-state index contributed by atoms with van der Waals surface area (Å²) < 4.78 is 1.04. The number of amides is 2. The van der Waals surface area contributed by atoms with Crippen molar-refractivity contribution >= 4 is 27.7 Å². The van der Waals surface area contributed by atoms with Crippen LogP contribution in [0.1, 0.15) is 38.2 Å². The molecular formula is C18H25BrN2O2. The largest absolute Gasteiger partial charge is 0.356 e. The zero-order chi connectivity index (χ0) is 16.7. The van der Waals surface area contributed by atoms with Crippen LogP contribution in [0.2, 0.25) is 0 Å². The van der Waals surface area contributed by atoms with E-state index in [1.807, 2.05) is 36.1 Å². The molecule has 2 rings (SSSR count). The molecule has 1 atom stereocenters. The Morgan fingerprint density at radius 1 is 1.35 bits per heavy atom. The van der Waals surface area contributed by atoms with Gasteiger partial charge >= 0.3 is 0 Å². The third-order valence-electron chi connectivity index (χ3n) is 4.26. The van der Waals surface area contributed by atoms with Gasteiger partial charge in [-0.3, -0.25) is 9.59 Å². The standard InChI is InChI=1S/C18H25BrN2O2/c1-2-11-20-18(23)15-7-5-12-21(13-15)17(22)10-9-14-6-3-4-8-16(14)19/h3-4,6,8,15H,2,5,7,9-13H2,1H3,(H,20,23). The molecule has 5 heteroatoms. The summed E-state index contributed by atoms with van der Waals surface area (Å²) in [6.45, 7) is 4.08. The maximum atomic E-state index is 12.4. The van der Waals surface area contributed by atoms with E-state index < -0.39 is 0 Å². The minimum absolute atomic E-state index is 0.0530. The number of halogens is 1. The van der Waals surface area contributed by atoms with Crippen molar-refractivity contribution in [2.24, 2.45) is 5.92 Å². The summed E-state index contributed by atoms with van der Waals surface area (Å²) in [4.78, 5) is 26.4. The molecule has 126 valence electrons. The number of benzene rings is 1.